The maximum atomic E-state index is 10.9. The lowest BCUT2D eigenvalue weighted by atomic mass is 9.94. The number of nitrogens with one attached hydrogen (secondary N) is 1. The van der Waals surface area contributed by atoms with Gasteiger partial charge < -0.3 is 10.0 Å². The van der Waals surface area contributed by atoms with E-state index in [0.29, 0.717) is 10.7 Å². The van der Waals surface area contributed by atoms with Gasteiger partial charge >= 0.3 is 6.09 Å². The van der Waals surface area contributed by atoms with Crippen molar-refractivity contribution >= 4 is 29.1 Å². The molecular weight excluding hydrogens is 314 g/mol. The predicted octanol–water partition coefficient (Wildman–Crippen LogP) is 4.56. The third-order valence-electron chi connectivity index (χ3n) is 4.10. The lowest BCUT2D eigenvalue weighted by molar-refractivity contribution is 0.209. The Labute approximate surface area is 139 Å². The molecule has 1 atom stereocenters. The van der Waals surface area contributed by atoms with Crippen molar-refractivity contribution in [2.75, 3.05) is 16.8 Å². The molecule has 3 rings (SSSR count). The average molecular weight is 332 g/mol. The molecule has 1 aliphatic rings. The number of hydrogen-bond donors (Lipinski definition) is 2. The van der Waals surface area contributed by atoms with Crippen molar-refractivity contribution in [2.45, 2.75) is 25.3 Å². The van der Waals surface area contributed by atoms with Gasteiger partial charge in [0.05, 0.1) is 6.04 Å². The highest BCUT2D eigenvalue weighted by Crippen LogP contribution is 2.38. The fourth-order valence-electron chi connectivity index (χ4n) is 3.10. The first-order valence-corrected chi connectivity index (χ1v) is 7.99. The van der Waals surface area contributed by atoms with Crippen LogP contribution in [0.15, 0.2) is 42.7 Å². The van der Waals surface area contributed by atoms with Gasteiger partial charge in [0, 0.05) is 35.3 Å². The van der Waals surface area contributed by atoms with Crippen molar-refractivity contribution in [3.05, 3.63) is 53.3 Å². The Kier molecular flexibility index (Phi) is 4.67. The molecule has 1 saturated heterocycles. The van der Waals surface area contributed by atoms with Crippen LogP contribution in [-0.4, -0.2) is 22.7 Å². The number of pyridine rings is 1. The summed E-state index contributed by atoms with van der Waals surface area (Å²) < 4.78 is 0. The molecular formula is C17H18ClN3O2. The summed E-state index contributed by atoms with van der Waals surface area (Å²) in [5, 5.41) is 12.0. The molecule has 23 heavy (non-hydrogen) atoms. The van der Waals surface area contributed by atoms with Crippen molar-refractivity contribution in [3.63, 3.8) is 0 Å². The fraction of sp³-hybridized carbons (Fsp3) is 0.294. The van der Waals surface area contributed by atoms with Crippen molar-refractivity contribution in [1.29, 1.82) is 0 Å². The van der Waals surface area contributed by atoms with Gasteiger partial charge in [-0.1, -0.05) is 11.6 Å². The second-order valence-electron chi connectivity index (χ2n) is 5.58. The molecule has 1 aromatic carbocycles. The van der Waals surface area contributed by atoms with E-state index in [-0.39, 0.29) is 6.04 Å². The van der Waals surface area contributed by atoms with Crippen molar-refractivity contribution < 1.29 is 9.90 Å². The van der Waals surface area contributed by atoms with Crippen LogP contribution in [0.4, 0.5) is 16.2 Å². The number of benzene rings is 1. The lowest BCUT2D eigenvalue weighted by Gasteiger charge is -2.38. The number of nitrogens with zero attached hydrogens (tertiary/aromatic N) is 2. The summed E-state index contributed by atoms with van der Waals surface area (Å²) in [6.07, 6.45) is 5.73. The largest absolute Gasteiger partial charge is 0.465 e. The van der Waals surface area contributed by atoms with Gasteiger partial charge in [0.15, 0.2) is 0 Å². The zero-order valence-electron chi connectivity index (χ0n) is 12.6. The third-order valence-corrected chi connectivity index (χ3v) is 4.45. The highest BCUT2D eigenvalue weighted by molar-refractivity contribution is 6.31. The second-order valence-corrected chi connectivity index (χ2v) is 5.98. The van der Waals surface area contributed by atoms with Crippen molar-refractivity contribution in [1.82, 2.24) is 4.98 Å². The minimum Gasteiger partial charge on any atom is -0.465 e. The van der Waals surface area contributed by atoms with Gasteiger partial charge in [-0.05, 0) is 55.2 Å². The minimum absolute atomic E-state index is 0.134. The first-order valence-electron chi connectivity index (χ1n) is 7.61. The molecule has 1 amide bonds. The summed E-state index contributed by atoms with van der Waals surface area (Å²) >= 11 is 6.40. The number of piperidine rings is 1. The van der Waals surface area contributed by atoms with Crippen LogP contribution >= 0.6 is 11.6 Å². The normalized spacial score (nSPS) is 17.8. The van der Waals surface area contributed by atoms with Gasteiger partial charge in [-0.3, -0.25) is 10.3 Å². The van der Waals surface area contributed by atoms with Crippen LogP contribution in [0.1, 0.15) is 30.9 Å². The van der Waals surface area contributed by atoms with Crippen LogP contribution in [0.5, 0.6) is 0 Å². The fourth-order valence-corrected chi connectivity index (χ4v) is 3.34. The third kappa shape index (κ3) is 3.56. The number of aromatic nitrogens is 1. The maximum absolute atomic E-state index is 10.9. The smallest absolute Gasteiger partial charge is 0.409 e. The Balaban J connectivity index is 1.95. The first kappa shape index (κ1) is 15.6. The highest BCUT2D eigenvalue weighted by atomic mass is 35.5. The number of carboxylic acid groups (broad SMARTS) is 1. The Morgan fingerprint density at radius 1 is 1.26 bits per heavy atom. The van der Waals surface area contributed by atoms with E-state index in [9.17, 15) is 4.79 Å². The molecule has 1 fully saturated rings. The van der Waals surface area contributed by atoms with E-state index in [4.69, 9.17) is 16.7 Å². The van der Waals surface area contributed by atoms with Gasteiger partial charge in [-0.2, -0.15) is 0 Å². The summed E-state index contributed by atoms with van der Waals surface area (Å²) in [5.74, 6) is 0. The summed E-state index contributed by atoms with van der Waals surface area (Å²) in [5.41, 5.74) is 2.60. The summed E-state index contributed by atoms with van der Waals surface area (Å²) in [6, 6.07) is 9.38. The molecule has 2 heterocycles. The van der Waals surface area contributed by atoms with E-state index in [1.165, 1.54) is 0 Å². The molecule has 1 aliphatic heterocycles. The van der Waals surface area contributed by atoms with E-state index in [2.05, 4.69) is 15.2 Å². The number of anilines is 2. The Hall–Kier alpha value is -2.27. The van der Waals surface area contributed by atoms with Gasteiger partial charge in [-0.25, -0.2) is 4.79 Å². The zero-order chi connectivity index (χ0) is 16.2. The molecule has 5 nitrogen and oxygen atoms in total. The molecule has 0 bridgehead atoms. The van der Waals surface area contributed by atoms with E-state index in [1.54, 1.807) is 24.5 Å². The number of hydrogen-bond acceptors (Lipinski definition) is 3. The number of halogens is 1. The van der Waals surface area contributed by atoms with Gasteiger partial charge in [0.1, 0.15) is 0 Å². The molecule has 0 saturated carbocycles. The summed E-state index contributed by atoms with van der Waals surface area (Å²) in [6.45, 7) is 0.946. The molecule has 0 spiro atoms. The van der Waals surface area contributed by atoms with E-state index < -0.39 is 6.09 Å². The second kappa shape index (κ2) is 6.87. The van der Waals surface area contributed by atoms with Gasteiger partial charge in [0.2, 0.25) is 0 Å². The molecule has 2 N–H and O–H groups in total. The van der Waals surface area contributed by atoms with E-state index >= 15 is 0 Å². The lowest BCUT2D eigenvalue weighted by Crippen LogP contribution is -2.33. The van der Waals surface area contributed by atoms with Gasteiger partial charge in [-0.15, -0.1) is 0 Å². The SMILES string of the molecule is O=C(O)Nc1ccc(Cl)c([C@H]2CCCCN2c2ccncc2)c1. The van der Waals surface area contributed by atoms with Crippen LogP contribution in [0.2, 0.25) is 5.02 Å². The van der Waals surface area contributed by atoms with Crippen LogP contribution in [0.3, 0.4) is 0 Å². The molecule has 1 aromatic heterocycles. The molecule has 0 radical (unpaired) electrons. The predicted molar refractivity (Wildman–Crippen MR) is 91.3 cm³/mol. The Bertz CT molecular complexity index is 693. The number of amides is 1. The molecule has 6 heteroatoms. The standard InChI is InChI=1S/C17H18ClN3O2/c18-15-5-4-12(20-17(22)23)11-14(15)16-3-1-2-10-21(16)13-6-8-19-9-7-13/h4-9,11,16,20H,1-3,10H2,(H,22,23)/t16-/m1/s1. The van der Waals surface area contributed by atoms with Crippen molar-refractivity contribution in [3.8, 4) is 0 Å². The van der Waals surface area contributed by atoms with Crippen LogP contribution in [0, 0.1) is 0 Å². The van der Waals surface area contributed by atoms with Crippen LogP contribution in [0.25, 0.3) is 0 Å². The van der Waals surface area contributed by atoms with E-state index in [1.807, 2.05) is 18.2 Å². The summed E-state index contributed by atoms with van der Waals surface area (Å²) in [7, 11) is 0. The minimum atomic E-state index is -1.08. The number of rotatable bonds is 3. The highest BCUT2D eigenvalue weighted by Gasteiger charge is 2.26. The van der Waals surface area contributed by atoms with E-state index in [0.717, 1.165) is 37.1 Å². The van der Waals surface area contributed by atoms with Gasteiger partial charge in [0.25, 0.3) is 0 Å². The number of carbonyl (C=O) groups is 1. The molecule has 120 valence electrons. The molecule has 0 unspecified atom stereocenters. The molecule has 2 aromatic rings. The topological polar surface area (TPSA) is 65.5 Å². The first-order chi connectivity index (χ1) is 11.1. The average Bonchev–Trinajstić information content (AvgIpc) is 2.57. The monoisotopic (exact) mass is 331 g/mol. The summed E-state index contributed by atoms with van der Waals surface area (Å²) in [4.78, 5) is 17.3. The Morgan fingerprint density at radius 3 is 2.78 bits per heavy atom. The Morgan fingerprint density at radius 2 is 2.04 bits per heavy atom. The molecule has 0 aliphatic carbocycles. The van der Waals surface area contributed by atoms with Crippen molar-refractivity contribution in [2.24, 2.45) is 0 Å². The van der Waals surface area contributed by atoms with Crippen LogP contribution < -0.4 is 10.2 Å². The maximum Gasteiger partial charge on any atom is 0.409 e. The zero-order valence-corrected chi connectivity index (χ0v) is 13.3. The van der Waals surface area contributed by atoms with Crippen LogP contribution in [-0.2, 0) is 0 Å². The quantitative estimate of drug-likeness (QED) is 0.865.